The molecule has 0 atom stereocenters. The minimum absolute atomic E-state index is 0. The second-order valence-corrected chi connectivity index (χ2v) is 7.52. The van der Waals surface area contributed by atoms with Gasteiger partial charge < -0.3 is 11.1 Å². The Hall–Kier alpha value is -1.57. The molecule has 0 bridgehead atoms. The van der Waals surface area contributed by atoms with Gasteiger partial charge in [0.25, 0.3) is 0 Å². The van der Waals surface area contributed by atoms with Crippen LogP contribution in [0.15, 0.2) is 35.4 Å². The third-order valence-electron chi connectivity index (χ3n) is 2.83. The standard InChI is InChI=1S/C13H15ClN4O2S.ClH/c1-8(2)21(19,20)11-6-4-3-5-10(11)17-12-9(14)7-16-13(15)18-12;/h3-8H,1-2H3,(H3,15,16,17,18);1H. The average Bonchev–Trinajstić information content (AvgIpc) is 2.43. The van der Waals surface area contributed by atoms with Crippen LogP contribution in [0.1, 0.15) is 13.8 Å². The van der Waals surface area contributed by atoms with Crippen LogP contribution in [0.3, 0.4) is 0 Å². The first kappa shape index (κ1) is 18.5. The second-order valence-electron chi connectivity index (χ2n) is 4.64. The van der Waals surface area contributed by atoms with Crippen molar-refractivity contribution in [2.24, 2.45) is 0 Å². The number of halogens is 2. The zero-order valence-electron chi connectivity index (χ0n) is 11.9. The fraction of sp³-hybridized carbons (Fsp3) is 0.231. The SMILES string of the molecule is CC(C)S(=O)(=O)c1ccccc1Nc1nc(N)ncc1Cl.Cl. The molecule has 6 nitrogen and oxygen atoms in total. The molecule has 0 amide bonds. The summed E-state index contributed by atoms with van der Waals surface area (Å²) in [5.41, 5.74) is 5.91. The van der Waals surface area contributed by atoms with Gasteiger partial charge in [0.2, 0.25) is 5.95 Å². The van der Waals surface area contributed by atoms with Crippen molar-refractivity contribution in [2.75, 3.05) is 11.1 Å². The molecule has 0 aliphatic heterocycles. The maximum atomic E-state index is 12.4. The lowest BCUT2D eigenvalue weighted by atomic mass is 10.3. The molecule has 9 heteroatoms. The van der Waals surface area contributed by atoms with Crippen molar-refractivity contribution in [3.63, 3.8) is 0 Å². The van der Waals surface area contributed by atoms with E-state index in [0.29, 0.717) is 5.69 Å². The monoisotopic (exact) mass is 362 g/mol. The predicted molar refractivity (Wildman–Crippen MR) is 90.7 cm³/mol. The number of nitrogens with one attached hydrogen (secondary N) is 1. The van der Waals surface area contributed by atoms with Gasteiger partial charge in [0.05, 0.1) is 22.0 Å². The molecule has 2 aromatic rings. The zero-order valence-corrected chi connectivity index (χ0v) is 14.3. The Kier molecular flexibility index (Phi) is 5.99. The van der Waals surface area contributed by atoms with Crippen molar-refractivity contribution in [1.29, 1.82) is 0 Å². The second kappa shape index (κ2) is 7.13. The van der Waals surface area contributed by atoms with Crippen LogP contribution < -0.4 is 11.1 Å². The van der Waals surface area contributed by atoms with Gasteiger partial charge in [-0.05, 0) is 26.0 Å². The molecule has 0 saturated carbocycles. The number of aromatic nitrogens is 2. The Balaban J connectivity index is 0.00000242. The summed E-state index contributed by atoms with van der Waals surface area (Å²) in [5, 5.41) is 2.62. The predicted octanol–water partition coefficient (Wildman–Crippen LogP) is 3.06. The van der Waals surface area contributed by atoms with Crippen LogP contribution in [0.4, 0.5) is 17.5 Å². The highest BCUT2D eigenvalue weighted by Gasteiger charge is 2.22. The number of nitrogens with zero attached hydrogens (tertiary/aromatic N) is 2. The molecular weight excluding hydrogens is 347 g/mol. The number of nitrogen functional groups attached to an aromatic ring is 1. The number of benzene rings is 1. The Bertz CT molecular complexity index is 766. The van der Waals surface area contributed by atoms with Crippen molar-refractivity contribution < 1.29 is 8.42 Å². The van der Waals surface area contributed by atoms with E-state index in [9.17, 15) is 8.42 Å². The largest absolute Gasteiger partial charge is 0.368 e. The molecule has 0 unspecified atom stereocenters. The molecular formula is C13H16Cl2N4O2S. The summed E-state index contributed by atoms with van der Waals surface area (Å²) < 4.78 is 24.7. The molecule has 1 heterocycles. The van der Waals surface area contributed by atoms with Gasteiger partial charge in [-0.1, -0.05) is 23.7 Å². The van der Waals surface area contributed by atoms with Gasteiger partial charge in [-0.3, -0.25) is 0 Å². The fourth-order valence-corrected chi connectivity index (χ4v) is 3.01. The molecule has 0 spiro atoms. The van der Waals surface area contributed by atoms with Gasteiger partial charge >= 0.3 is 0 Å². The lowest BCUT2D eigenvalue weighted by molar-refractivity contribution is 0.588. The number of hydrogen-bond acceptors (Lipinski definition) is 6. The normalized spacial score (nSPS) is 11.1. The summed E-state index contributed by atoms with van der Waals surface area (Å²) in [4.78, 5) is 7.91. The number of para-hydroxylation sites is 1. The molecule has 0 aliphatic rings. The third-order valence-corrected chi connectivity index (χ3v) is 5.32. The van der Waals surface area contributed by atoms with Crippen molar-refractivity contribution in [1.82, 2.24) is 9.97 Å². The maximum Gasteiger partial charge on any atom is 0.222 e. The van der Waals surface area contributed by atoms with Crippen molar-refractivity contribution in [3.05, 3.63) is 35.5 Å². The van der Waals surface area contributed by atoms with Gasteiger partial charge in [0, 0.05) is 0 Å². The van der Waals surface area contributed by atoms with Crippen LogP contribution in [0, 0.1) is 0 Å². The lowest BCUT2D eigenvalue weighted by Gasteiger charge is -2.14. The Labute approximate surface area is 140 Å². The van der Waals surface area contributed by atoms with Crippen LogP contribution in [-0.4, -0.2) is 23.6 Å². The minimum atomic E-state index is -3.43. The lowest BCUT2D eigenvalue weighted by Crippen LogP contribution is -2.15. The maximum absolute atomic E-state index is 12.4. The molecule has 0 radical (unpaired) electrons. The Morgan fingerprint density at radius 1 is 1.27 bits per heavy atom. The van der Waals surface area contributed by atoms with Crippen LogP contribution in [-0.2, 0) is 9.84 Å². The van der Waals surface area contributed by atoms with Gasteiger partial charge in [0.1, 0.15) is 5.02 Å². The topological polar surface area (TPSA) is 98.0 Å². The number of anilines is 3. The van der Waals surface area contributed by atoms with E-state index in [1.54, 1.807) is 32.0 Å². The van der Waals surface area contributed by atoms with E-state index < -0.39 is 15.1 Å². The van der Waals surface area contributed by atoms with E-state index in [2.05, 4.69) is 15.3 Å². The number of rotatable bonds is 4. The quantitative estimate of drug-likeness (QED) is 0.866. The molecule has 1 aromatic heterocycles. The molecule has 0 saturated heterocycles. The highest BCUT2D eigenvalue weighted by Crippen LogP contribution is 2.29. The minimum Gasteiger partial charge on any atom is -0.368 e. The first-order valence-electron chi connectivity index (χ1n) is 6.20. The van der Waals surface area contributed by atoms with E-state index in [-0.39, 0.29) is 34.1 Å². The van der Waals surface area contributed by atoms with E-state index >= 15 is 0 Å². The Morgan fingerprint density at radius 2 is 1.91 bits per heavy atom. The summed E-state index contributed by atoms with van der Waals surface area (Å²) in [7, 11) is -3.43. The van der Waals surface area contributed by atoms with E-state index in [1.165, 1.54) is 12.3 Å². The molecule has 1 aromatic carbocycles. The molecule has 22 heavy (non-hydrogen) atoms. The smallest absolute Gasteiger partial charge is 0.222 e. The van der Waals surface area contributed by atoms with Crippen LogP contribution in [0.5, 0.6) is 0 Å². The number of nitrogens with two attached hydrogens (primary N) is 1. The highest BCUT2D eigenvalue weighted by atomic mass is 35.5. The summed E-state index contributed by atoms with van der Waals surface area (Å²) in [6.45, 7) is 3.25. The molecule has 2 rings (SSSR count). The summed E-state index contributed by atoms with van der Waals surface area (Å²) in [6, 6.07) is 6.57. The van der Waals surface area contributed by atoms with Gasteiger partial charge in [-0.25, -0.2) is 13.4 Å². The fourth-order valence-electron chi connectivity index (χ4n) is 1.67. The zero-order chi connectivity index (χ0) is 15.6. The molecule has 0 fully saturated rings. The summed E-state index contributed by atoms with van der Waals surface area (Å²) in [6.07, 6.45) is 1.35. The van der Waals surface area contributed by atoms with E-state index in [4.69, 9.17) is 17.3 Å². The third kappa shape index (κ3) is 3.79. The van der Waals surface area contributed by atoms with E-state index in [0.717, 1.165) is 0 Å². The van der Waals surface area contributed by atoms with Gasteiger partial charge in [-0.2, -0.15) is 4.98 Å². The first-order chi connectivity index (χ1) is 9.82. The van der Waals surface area contributed by atoms with Crippen molar-refractivity contribution in [2.45, 2.75) is 24.0 Å². The van der Waals surface area contributed by atoms with Crippen LogP contribution in [0.2, 0.25) is 5.02 Å². The van der Waals surface area contributed by atoms with Crippen LogP contribution >= 0.6 is 24.0 Å². The Morgan fingerprint density at radius 3 is 2.55 bits per heavy atom. The summed E-state index contributed by atoms with van der Waals surface area (Å²) >= 11 is 5.98. The van der Waals surface area contributed by atoms with E-state index in [1.807, 2.05) is 0 Å². The van der Waals surface area contributed by atoms with Gasteiger partial charge in [0.15, 0.2) is 15.7 Å². The van der Waals surface area contributed by atoms with Crippen molar-refractivity contribution in [3.8, 4) is 0 Å². The number of hydrogen-bond donors (Lipinski definition) is 2. The first-order valence-corrected chi connectivity index (χ1v) is 8.12. The van der Waals surface area contributed by atoms with Crippen molar-refractivity contribution >= 4 is 51.3 Å². The highest BCUT2D eigenvalue weighted by molar-refractivity contribution is 7.92. The molecule has 0 aliphatic carbocycles. The van der Waals surface area contributed by atoms with Gasteiger partial charge in [-0.15, -0.1) is 12.4 Å². The average molecular weight is 363 g/mol. The summed E-state index contributed by atoms with van der Waals surface area (Å²) in [5.74, 6) is 0.307. The molecule has 3 N–H and O–H groups in total. The number of sulfone groups is 1. The molecule has 120 valence electrons. The van der Waals surface area contributed by atoms with Crippen LogP contribution in [0.25, 0.3) is 0 Å².